The van der Waals surface area contributed by atoms with Gasteiger partial charge in [0.1, 0.15) is 0 Å². The van der Waals surface area contributed by atoms with Gasteiger partial charge in [0.2, 0.25) is 0 Å². The molecule has 2 aromatic rings. The number of hydrogen-bond acceptors (Lipinski definition) is 3. The first-order valence-electron chi connectivity index (χ1n) is 10.5. The van der Waals surface area contributed by atoms with Crippen molar-refractivity contribution in [1.29, 1.82) is 5.26 Å². The van der Waals surface area contributed by atoms with Crippen LogP contribution >= 0.6 is 0 Å². The number of benzene rings is 2. The molecule has 156 valence electrons. The maximum Gasteiger partial charge on any atom is 0.318 e. The number of carbonyl (C=O) groups excluding carboxylic acids is 2. The van der Waals surface area contributed by atoms with Crippen LogP contribution in [0, 0.1) is 11.3 Å². The van der Waals surface area contributed by atoms with Gasteiger partial charge in [-0.05, 0) is 60.2 Å². The Kier molecular flexibility index (Phi) is 5.75. The van der Waals surface area contributed by atoms with E-state index in [4.69, 9.17) is 5.26 Å². The Morgan fingerprint density at radius 1 is 1.13 bits per heavy atom. The van der Waals surface area contributed by atoms with Crippen LogP contribution in [-0.4, -0.2) is 54.1 Å². The van der Waals surface area contributed by atoms with E-state index < -0.39 is 0 Å². The predicted molar refractivity (Wildman–Crippen MR) is 115 cm³/mol. The maximum absolute atomic E-state index is 13.1. The quantitative estimate of drug-likeness (QED) is 0.819. The fourth-order valence-electron chi connectivity index (χ4n) is 4.25. The number of fused-ring (bicyclic) bond motifs is 1. The van der Waals surface area contributed by atoms with Gasteiger partial charge in [-0.25, -0.2) is 9.59 Å². The highest BCUT2D eigenvalue weighted by Crippen LogP contribution is 2.31. The smallest absolute Gasteiger partial charge is 0.318 e. The van der Waals surface area contributed by atoms with E-state index in [0.717, 1.165) is 48.6 Å². The lowest BCUT2D eigenvalue weighted by atomic mass is 10.0. The van der Waals surface area contributed by atoms with Gasteiger partial charge in [0, 0.05) is 32.7 Å². The number of nitrogens with one attached hydrogen (secondary N) is 2. The Labute approximate surface area is 176 Å². The number of nitrogens with zero attached hydrogens (tertiary/aromatic N) is 3. The highest BCUT2D eigenvalue weighted by Gasteiger charge is 2.39. The SMILES string of the molecule is CNC(=O)N1CCCC(N(C(=O)NCc2ccc3ccc(C#N)cc3c2)C2CC2)C1. The van der Waals surface area contributed by atoms with Crippen LogP contribution in [0.3, 0.4) is 0 Å². The standard InChI is InChI=1S/C23H27N5O2/c1-25-22(29)27-10-2-3-21(15-27)28(20-8-9-20)23(30)26-14-17-5-7-18-6-4-16(13-24)11-19(18)12-17/h4-7,11-12,20-21H,2-3,8-10,14-15H2,1H3,(H,25,29)(H,26,30). The fourth-order valence-corrected chi connectivity index (χ4v) is 4.25. The van der Waals surface area contributed by atoms with Crippen molar-refractivity contribution in [2.24, 2.45) is 0 Å². The molecular weight excluding hydrogens is 378 g/mol. The van der Waals surface area contributed by atoms with Crippen molar-refractivity contribution in [3.8, 4) is 6.07 Å². The van der Waals surface area contributed by atoms with Crippen LogP contribution in [0.5, 0.6) is 0 Å². The van der Waals surface area contributed by atoms with Crippen molar-refractivity contribution in [2.75, 3.05) is 20.1 Å². The van der Waals surface area contributed by atoms with Gasteiger partial charge in [-0.3, -0.25) is 0 Å². The predicted octanol–water partition coefficient (Wildman–Crippen LogP) is 3.19. The largest absolute Gasteiger partial charge is 0.341 e. The van der Waals surface area contributed by atoms with E-state index in [0.29, 0.717) is 18.7 Å². The molecule has 2 N–H and O–H groups in total. The summed E-state index contributed by atoms with van der Waals surface area (Å²) in [7, 11) is 1.64. The molecule has 1 atom stereocenters. The molecule has 1 unspecified atom stereocenters. The molecule has 1 saturated carbocycles. The Balaban J connectivity index is 1.43. The number of piperidine rings is 1. The molecule has 1 saturated heterocycles. The second kappa shape index (κ2) is 8.62. The monoisotopic (exact) mass is 405 g/mol. The summed E-state index contributed by atoms with van der Waals surface area (Å²) in [4.78, 5) is 28.9. The van der Waals surface area contributed by atoms with Gasteiger partial charge in [0.25, 0.3) is 0 Å². The van der Waals surface area contributed by atoms with Crippen molar-refractivity contribution in [2.45, 2.75) is 44.3 Å². The van der Waals surface area contributed by atoms with E-state index in [9.17, 15) is 9.59 Å². The molecule has 0 radical (unpaired) electrons. The van der Waals surface area contributed by atoms with E-state index in [1.807, 2.05) is 41.3 Å². The highest BCUT2D eigenvalue weighted by atomic mass is 16.2. The van der Waals surface area contributed by atoms with Crippen LogP contribution in [0.1, 0.15) is 36.8 Å². The minimum absolute atomic E-state index is 0.0540. The van der Waals surface area contributed by atoms with Crippen LogP contribution in [0.15, 0.2) is 36.4 Å². The first-order valence-corrected chi connectivity index (χ1v) is 10.5. The molecular formula is C23H27N5O2. The number of urea groups is 2. The third-order valence-electron chi connectivity index (χ3n) is 5.94. The maximum atomic E-state index is 13.1. The number of rotatable bonds is 4. The Morgan fingerprint density at radius 2 is 1.93 bits per heavy atom. The molecule has 2 fully saturated rings. The van der Waals surface area contributed by atoms with E-state index in [-0.39, 0.29) is 24.1 Å². The average molecular weight is 406 g/mol. The summed E-state index contributed by atoms with van der Waals surface area (Å²) >= 11 is 0. The Morgan fingerprint density at radius 3 is 2.67 bits per heavy atom. The Bertz CT molecular complexity index is 995. The van der Waals surface area contributed by atoms with Crippen molar-refractivity contribution in [3.05, 3.63) is 47.5 Å². The second-order valence-electron chi connectivity index (χ2n) is 8.10. The third-order valence-corrected chi connectivity index (χ3v) is 5.94. The van der Waals surface area contributed by atoms with Crippen molar-refractivity contribution < 1.29 is 9.59 Å². The van der Waals surface area contributed by atoms with Gasteiger partial charge >= 0.3 is 12.1 Å². The Hall–Kier alpha value is -3.27. The summed E-state index contributed by atoms with van der Waals surface area (Å²) in [5.74, 6) is 0. The third kappa shape index (κ3) is 4.33. The van der Waals surface area contributed by atoms with Gasteiger partial charge in [-0.15, -0.1) is 0 Å². The lowest BCUT2D eigenvalue weighted by molar-refractivity contribution is 0.116. The molecule has 0 bridgehead atoms. The van der Waals surface area contributed by atoms with Crippen LogP contribution in [0.4, 0.5) is 9.59 Å². The van der Waals surface area contributed by atoms with E-state index in [1.165, 1.54) is 0 Å². The second-order valence-corrected chi connectivity index (χ2v) is 8.10. The number of likely N-dealkylation sites (tertiary alicyclic amines) is 1. The van der Waals surface area contributed by atoms with E-state index in [2.05, 4.69) is 16.7 Å². The van der Waals surface area contributed by atoms with Gasteiger partial charge in [0.05, 0.1) is 17.7 Å². The van der Waals surface area contributed by atoms with Gasteiger partial charge < -0.3 is 20.4 Å². The van der Waals surface area contributed by atoms with E-state index in [1.54, 1.807) is 11.9 Å². The zero-order valence-corrected chi connectivity index (χ0v) is 17.2. The van der Waals surface area contributed by atoms with Crippen LogP contribution in [-0.2, 0) is 6.54 Å². The zero-order valence-electron chi connectivity index (χ0n) is 17.2. The topological polar surface area (TPSA) is 88.5 Å². The molecule has 30 heavy (non-hydrogen) atoms. The fraction of sp³-hybridized carbons (Fsp3) is 0.435. The van der Waals surface area contributed by atoms with Crippen molar-refractivity contribution >= 4 is 22.8 Å². The summed E-state index contributed by atoms with van der Waals surface area (Å²) < 4.78 is 0. The molecule has 7 nitrogen and oxygen atoms in total. The lowest BCUT2D eigenvalue weighted by Gasteiger charge is -2.39. The first kappa shape index (κ1) is 20.0. The molecule has 2 aromatic carbocycles. The van der Waals surface area contributed by atoms with Crippen LogP contribution in [0.25, 0.3) is 10.8 Å². The minimum atomic E-state index is -0.0799. The molecule has 1 heterocycles. The molecule has 7 heteroatoms. The van der Waals surface area contributed by atoms with Crippen LogP contribution in [0.2, 0.25) is 0 Å². The van der Waals surface area contributed by atoms with Gasteiger partial charge in [-0.1, -0.05) is 18.2 Å². The summed E-state index contributed by atoms with van der Waals surface area (Å²) in [6, 6.07) is 14.0. The van der Waals surface area contributed by atoms with Gasteiger partial charge in [0.15, 0.2) is 0 Å². The average Bonchev–Trinajstić information content (AvgIpc) is 3.62. The number of carbonyl (C=O) groups is 2. The summed E-state index contributed by atoms with van der Waals surface area (Å²) in [6.45, 7) is 1.75. The molecule has 1 aliphatic heterocycles. The van der Waals surface area contributed by atoms with E-state index >= 15 is 0 Å². The number of nitriles is 1. The normalized spacial score (nSPS) is 18.5. The lowest BCUT2D eigenvalue weighted by Crippen LogP contribution is -2.56. The summed E-state index contributed by atoms with van der Waals surface area (Å²) in [6.07, 6.45) is 3.87. The highest BCUT2D eigenvalue weighted by molar-refractivity contribution is 5.84. The molecule has 1 aliphatic carbocycles. The van der Waals surface area contributed by atoms with Crippen LogP contribution < -0.4 is 10.6 Å². The molecule has 0 aromatic heterocycles. The molecule has 0 spiro atoms. The van der Waals surface area contributed by atoms with Gasteiger partial charge in [-0.2, -0.15) is 5.26 Å². The summed E-state index contributed by atoms with van der Waals surface area (Å²) in [5, 5.41) is 16.9. The van der Waals surface area contributed by atoms with Crippen molar-refractivity contribution in [1.82, 2.24) is 20.4 Å². The number of amides is 4. The summed E-state index contributed by atoms with van der Waals surface area (Å²) in [5.41, 5.74) is 1.62. The zero-order chi connectivity index (χ0) is 21.1. The molecule has 2 aliphatic rings. The first-order chi connectivity index (χ1) is 14.6. The minimum Gasteiger partial charge on any atom is -0.341 e. The molecule has 4 amide bonds. The molecule has 4 rings (SSSR count). The van der Waals surface area contributed by atoms with Crippen molar-refractivity contribution in [3.63, 3.8) is 0 Å². The number of hydrogen-bond donors (Lipinski definition) is 2.